The van der Waals surface area contributed by atoms with Gasteiger partial charge in [-0.15, -0.1) is 0 Å². The molecule has 2 aromatic rings. The third-order valence-electron chi connectivity index (χ3n) is 2.49. The highest BCUT2D eigenvalue weighted by molar-refractivity contribution is 7.80. The number of nitrogens with one attached hydrogen (secondary N) is 2. The lowest BCUT2D eigenvalue weighted by Crippen LogP contribution is -2.19. The molecule has 0 aliphatic rings. The third-order valence-corrected chi connectivity index (χ3v) is 3.25. The number of benzene rings is 2. The average Bonchev–Trinajstić information content (AvgIpc) is 2.37. The second kappa shape index (κ2) is 6.24. The Morgan fingerprint density at radius 1 is 1.00 bits per heavy atom. The average molecular weight is 311 g/mol. The van der Waals surface area contributed by atoms with Crippen LogP contribution in [0.15, 0.2) is 42.5 Å². The van der Waals surface area contributed by atoms with E-state index in [4.69, 9.17) is 35.4 Å². The first kappa shape index (κ1) is 14.1. The van der Waals surface area contributed by atoms with Crippen LogP contribution in [-0.4, -0.2) is 5.11 Å². The monoisotopic (exact) mass is 310 g/mol. The molecule has 0 aliphatic carbocycles. The Bertz CT molecular complexity index is 597. The summed E-state index contributed by atoms with van der Waals surface area (Å²) >= 11 is 17.2. The van der Waals surface area contributed by atoms with Gasteiger partial charge in [0.05, 0.1) is 10.7 Å². The normalized spacial score (nSPS) is 10.1. The summed E-state index contributed by atoms with van der Waals surface area (Å²) in [6.45, 7) is 2.03. The van der Waals surface area contributed by atoms with Crippen molar-refractivity contribution in [3.05, 3.63) is 58.1 Å². The zero-order valence-corrected chi connectivity index (χ0v) is 12.5. The van der Waals surface area contributed by atoms with E-state index in [1.807, 2.05) is 31.2 Å². The fourth-order valence-corrected chi connectivity index (χ4v) is 2.08. The van der Waals surface area contributed by atoms with E-state index in [0.717, 1.165) is 5.69 Å². The summed E-state index contributed by atoms with van der Waals surface area (Å²) < 4.78 is 0. The summed E-state index contributed by atoms with van der Waals surface area (Å²) in [4.78, 5) is 0. The molecule has 2 rings (SSSR count). The minimum Gasteiger partial charge on any atom is -0.332 e. The molecule has 0 amide bonds. The number of hydrogen-bond donors (Lipinski definition) is 2. The minimum atomic E-state index is 0.466. The molecule has 19 heavy (non-hydrogen) atoms. The van der Waals surface area contributed by atoms with Crippen molar-refractivity contribution in [3.8, 4) is 0 Å². The van der Waals surface area contributed by atoms with Crippen LogP contribution >= 0.6 is 35.4 Å². The van der Waals surface area contributed by atoms with E-state index in [0.29, 0.717) is 20.8 Å². The van der Waals surface area contributed by atoms with Crippen molar-refractivity contribution in [2.24, 2.45) is 0 Å². The standard InChI is InChI=1S/C14H12Cl2N2S/c1-9-2-5-11(6-3-9)17-14(19)18-13-8-10(15)4-7-12(13)16/h2-8H,1H3,(H2,17,18,19). The molecule has 0 bridgehead atoms. The first-order valence-electron chi connectivity index (χ1n) is 5.64. The van der Waals surface area contributed by atoms with Gasteiger partial charge < -0.3 is 10.6 Å². The molecule has 0 fully saturated rings. The highest BCUT2D eigenvalue weighted by Crippen LogP contribution is 2.25. The van der Waals surface area contributed by atoms with Gasteiger partial charge in [-0.1, -0.05) is 40.9 Å². The molecule has 0 unspecified atom stereocenters. The van der Waals surface area contributed by atoms with Crippen LogP contribution in [0.2, 0.25) is 10.0 Å². The van der Waals surface area contributed by atoms with Gasteiger partial charge in [-0.3, -0.25) is 0 Å². The van der Waals surface area contributed by atoms with Gasteiger partial charge in [0.1, 0.15) is 0 Å². The first-order valence-corrected chi connectivity index (χ1v) is 6.81. The molecule has 0 aromatic heterocycles. The van der Waals surface area contributed by atoms with Crippen molar-refractivity contribution in [1.29, 1.82) is 0 Å². The van der Waals surface area contributed by atoms with Crippen LogP contribution < -0.4 is 10.6 Å². The molecule has 98 valence electrons. The van der Waals surface area contributed by atoms with Gasteiger partial charge in [0, 0.05) is 10.7 Å². The molecule has 0 spiro atoms. The fraction of sp³-hybridized carbons (Fsp3) is 0.0714. The summed E-state index contributed by atoms with van der Waals surface area (Å²) in [5.74, 6) is 0. The molecular weight excluding hydrogens is 299 g/mol. The summed E-state index contributed by atoms with van der Waals surface area (Å²) in [5.41, 5.74) is 2.79. The first-order chi connectivity index (χ1) is 9.04. The molecule has 0 saturated heterocycles. The van der Waals surface area contributed by atoms with Crippen molar-refractivity contribution in [3.63, 3.8) is 0 Å². The maximum atomic E-state index is 6.06. The van der Waals surface area contributed by atoms with Crippen LogP contribution in [0.3, 0.4) is 0 Å². The number of halogens is 2. The molecule has 0 radical (unpaired) electrons. The second-order valence-corrected chi connectivity index (χ2v) is 5.32. The topological polar surface area (TPSA) is 24.1 Å². The Kier molecular flexibility index (Phi) is 4.64. The molecule has 0 saturated carbocycles. The van der Waals surface area contributed by atoms with Crippen molar-refractivity contribution in [2.75, 3.05) is 10.6 Å². The summed E-state index contributed by atoms with van der Waals surface area (Å²) in [5, 5.41) is 7.74. The van der Waals surface area contributed by atoms with E-state index in [2.05, 4.69) is 10.6 Å². The van der Waals surface area contributed by atoms with Gasteiger partial charge in [-0.25, -0.2) is 0 Å². The summed E-state index contributed by atoms with van der Waals surface area (Å²) in [6.07, 6.45) is 0. The molecule has 0 aliphatic heterocycles. The highest BCUT2D eigenvalue weighted by Gasteiger charge is 2.04. The van der Waals surface area contributed by atoms with E-state index in [1.54, 1.807) is 18.2 Å². The lowest BCUT2D eigenvalue weighted by molar-refractivity contribution is 1.47. The Morgan fingerprint density at radius 3 is 2.37 bits per heavy atom. The minimum absolute atomic E-state index is 0.466. The number of hydrogen-bond acceptors (Lipinski definition) is 1. The SMILES string of the molecule is Cc1ccc(NC(=S)Nc2cc(Cl)ccc2Cl)cc1. The maximum Gasteiger partial charge on any atom is 0.175 e. The van der Waals surface area contributed by atoms with E-state index in [1.165, 1.54) is 5.56 Å². The van der Waals surface area contributed by atoms with Gasteiger partial charge in [-0.2, -0.15) is 0 Å². The van der Waals surface area contributed by atoms with Crippen molar-refractivity contribution in [2.45, 2.75) is 6.92 Å². The Hall–Kier alpha value is -1.29. The summed E-state index contributed by atoms with van der Waals surface area (Å²) in [7, 11) is 0. The highest BCUT2D eigenvalue weighted by atomic mass is 35.5. The van der Waals surface area contributed by atoms with Crippen molar-refractivity contribution < 1.29 is 0 Å². The van der Waals surface area contributed by atoms with Gasteiger partial charge >= 0.3 is 0 Å². The third kappa shape index (κ3) is 4.10. The fourth-order valence-electron chi connectivity index (χ4n) is 1.51. The zero-order valence-electron chi connectivity index (χ0n) is 10.2. The van der Waals surface area contributed by atoms with Crippen molar-refractivity contribution >= 4 is 51.9 Å². The largest absolute Gasteiger partial charge is 0.332 e. The van der Waals surface area contributed by atoms with Crippen molar-refractivity contribution in [1.82, 2.24) is 0 Å². The molecule has 2 nitrogen and oxygen atoms in total. The van der Waals surface area contributed by atoms with Gasteiger partial charge in [0.25, 0.3) is 0 Å². The molecular formula is C14H12Cl2N2S. The molecule has 0 atom stereocenters. The zero-order chi connectivity index (χ0) is 13.8. The molecule has 0 heterocycles. The van der Waals surface area contributed by atoms with Crippen LogP contribution in [-0.2, 0) is 0 Å². The van der Waals surface area contributed by atoms with Gasteiger partial charge in [0.2, 0.25) is 0 Å². The van der Waals surface area contributed by atoms with Gasteiger partial charge in [0.15, 0.2) is 5.11 Å². The quantitative estimate of drug-likeness (QED) is 0.754. The molecule has 2 aromatic carbocycles. The van der Waals surface area contributed by atoms with Crippen LogP contribution in [0.5, 0.6) is 0 Å². The van der Waals surface area contributed by atoms with E-state index in [-0.39, 0.29) is 0 Å². The Morgan fingerprint density at radius 2 is 1.68 bits per heavy atom. The maximum absolute atomic E-state index is 6.06. The smallest absolute Gasteiger partial charge is 0.175 e. The number of aryl methyl sites for hydroxylation is 1. The summed E-state index contributed by atoms with van der Waals surface area (Å²) in [6, 6.07) is 13.1. The Labute approximate surface area is 127 Å². The van der Waals surface area contributed by atoms with E-state index in [9.17, 15) is 0 Å². The lowest BCUT2D eigenvalue weighted by Gasteiger charge is -2.12. The predicted molar refractivity (Wildman–Crippen MR) is 87.5 cm³/mol. The van der Waals surface area contributed by atoms with Crippen LogP contribution in [0, 0.1) is 6.92 Å². The molecule has 2 N–H and O–H groups in total. The Balaban J connectivity index is 2.05. The van der Waals surface area contributed by atoms with Gasteiger partial charge in [-0.05, 0) is 49.5 Å². The lowest BCUT2D eigenvalue weighted by atomic mass is 10.2. The van der Waals surface area contributed by atoms with E-state index < -0.39 is 0 Å². The molecule has 5 heteroatoms. The van der Waals surface area contributed by atoms with Crippen LogP contribution in [0.4, 0.5) is 11.4 Å². The number of anilines is 2. The van der Waals surface area contributed by atoms with E-state index >= 15 is 0 Å². The predicted octanol–water partition coefficient (Wildman–Crippen LogP) is 5.11. The van der Waals surface area contributed by atoms with Crippen LogP contribution in [0.1, 0.15) is 5.56 Å². The van der Waals surface area contributed by atoms with Crippen LogP contribution in [0.25, 0.3) is 0 Å². The number of rotatable bonds is 2. The number of thiocarbonyl (C=S) groups is 1. The second-order valence-electron chi connectivity index (χ2n) is 4.07.